The summed E-state index contributed by atoms with van der Waals surface area (Å²) >= 11 is 0. The first-order valence-corrected chi connectivity index (χ1v) is 6.73. The van der Waals surface area contributed by atoms with E-state index in [9.17, 15) is 0 Å². The minimum atomic E-state index is 0.494. The number of methoxy groups -OCH3 is 1. The normalized spacial score (nSPS) is 17.9. The van der Waals surface area contributed by atoms with Crippen molar-refractivity contribution >= 4 is 0 Å². The smallest absolute Gasteiger partial charge is 0.217 e. The van der Waals surface area contributed by atoms with Crippen LogP contribution < -0.4 is 10.1 Å². The van der Waals surface area contributed by atoms with E-state index in [4.69, 9.17) is 4.74 Å². The highest BCUT2D eigenvalue weighted by atomic mass is 16.5. The van der Waals surface area contributed by atoms with Crippen LogP contribution in [-0.4, -0.2) is 42.7 Å². The zero-order valence-corrected chi connectivity index (χ0v) is 11.4. The Morgan fingerprint density at radius 2 is 2.22 bits per heavy atom. The Kier molecular flexibility index (Phi) is 4.96. The summed E-state index contributed by atoms with van der Waals surface area (Å²) in [6.45, 7) is 6.68. The number of hydrogen-bond donors (Lipinski definition) is 1. The highest BCUT2D eigenvalue weighted by molar-refractivity contribution is 5.25. The Balaban J connectivity index is 1.79. The van der Waals surface area contributed by atoms with Gasteiger partial charge in [-0.05, 0) is 38.9 Å². The van der Waals surface area contributed by atoms with Crippen LogP contribution in [0.3, 0.4) is 0 Å². The number of rotatable bonds is 6. The second-order valence-electron chi connectivity index (χ2n) is 4.96. The summed E-state index contributed by atoms with van der Waals surface area (Å²) in [5.74, 6) is 0.721. The number of likely N-dealkylation sites (tertiary alicyclic amines) is 1. The summed E-state index contributed by atoms with van der Waals surface area (Å²) in [4.78, 5) is 6.73. The fourth-order valence-corrected chi connectivity index (χ4v) is 2.44. The second kappa shape index (κ2) is 6.71. The van der Waals surface area contributed by atoms with Gasteiger partial charge < -0.3 is 15.0 Å². The monoisotopic (exact) mass is 249 g/mol. The van der Waals surface area contributed by atoms with Crippen LogP contribution in [0.2, 0.25) is 0 Å². The van der Waals surface area contributed by atoms with Gasteiger partial charge in [-0.3, -0.25) is 0 Å². The molecule has 2 rings (SSSR count). The maximum atomic E-state index is 5.25. The van der Waals surface area contributed by atoms with Gasteiger partial charge in [0.05, 0.1) is 7.11 Å². The van der Waals surface area contributed by atoms with Gasteiger partial charge in [-0.2, -0.15) is 0 Å². The fraction of sp³-hybridized carbons (Fsp3) is 0.643. The van der Waals surface area contributed by atoms with Gasteiger partial charge in [-0.25, -0.2) is 4.98 Å². The molecule has 0 spiro atoms. The minimum absolute atomic E-state index is 0.494. The van der Waals surface area contributed by atoms with Crippen LogP contribution in [0.15, 0.2) is 18.3 Å². The molecule has 0 amide bonds. The molecule has 1 unspecified atom stereocenters. The number of nitrogens with zero attached hydrogens (tertiary/aromatic N) is 2. The Morgan fingerprint density at radius 3 is 2.94 bits per heavy atom. The molecular weight excluding hydrogens is 226 g/mol. The molecule has 0 aromatic carbocycles. The van der Waals surface area contributed by atoms with Crippen molar-refractivity contribution < 1.29 is 4.74 Å². The molecule has 1 atom stereocenters. The molecule has 4 nitrogen and oxygen atoms in total. The van der Waals surface area contributed by atoms with Gasteiger partial charge in [0.1, 0.15) is 0 Å². The molecule has 1 aromatic rings. The molecular formula is C14H23N3O. The fourth-order valence-electron chi connectivity index (χ4n) is 2.44. The van der Waals surface area contributed by atoms with Crippen LogP contribution >= 0.6 is 0 Å². The Morgan fingerprint density at radius 1 is 1.44 bits per heavy atom. The summed E-state index contributed by atoms with van der Waals surface area (Å²) in [6.07, 6.45) is 4.46. The summed E-state index contributed by atoms with van der Waals surface area (Å²) in [7, 11) is 1.67. The van der Waals surface area contributed by atoms with Crippen molar-refractivity contribution in [2.45, 2.75) is 32.4 Å². The third-order valence-corrected chi connectivity index (χ3v) is 3.42. The molecule has 0 aliphatic carbocycles. The van der Waals surface area contributed by atoms with E-state index in [2.05, 4.69) is 28.2 Å². The number of ether oxygens (including phenoxy) is 1. The van der Waals surface area contributed by atoms with E-state index < -0.39 is 0 Å². The van der Waals surface area contributed by atoms with Crippen LogP contribution in [-0.2, 0) is 6.54 Å². The van der Waals surface area contributed by atoms with Crippen molar-refractivity contribution in [3.05, 3.63) is 23.9 Å². The van der Waals surface area contributed by atoms with Crippen molar-refractivity contribution in [2.24, 2.45) is 0 Å². The molecule has 0 radical (unpaired) electrons. The van der Waals surface area contributed by atoms with Gasteiger partial charge in [0.15, 0.2) is 0 Å². The lowest BCUT2D eigenvalue weighted by Gasteiger charge is -2.21. The van der Waals surface area contributed by atoms with Crippen molar-refractivity contribution in [3.8, 4) is 5.88 Å². The Hall–Kier alpha value is -1.13. The summed E-state index contributed by atoms with van der Waals surface area (Å²) in [5.41, 5.74) is 1.12. The Labute approximate surface area is 109 Å². The molecule has 1 aliphatic heterocycles. The predicted octanol–water partition coefficient (Wildman–Crippen LogP) is 1.66. The number of nitrogens with one attached hydrogen (secondary N) is 1. The SMILES string of the molecule is COc1ncccc1CNC(C)CN1CCCC1. The number of hydrogen-bond acceptors (Lipinski definition) is 4. The third-order valence-electron chi connectivity index (χ3n) is 3.42. The van der Waals surface area contributed by atoms with Crippen molar-refractivity contribution in [1.82, 2.24) is 15.2 Å². The topological polar surface area (TPSA) is 37.4 Å². The highest BCUT2D eigenvalue weighted by Gasteiger charge is 2.14. The zero-order chi connectivity index (χ0) is 12.8. The molecule has 1 N–H and O–H groups in total. The van der Waals surface area contributed by atoms with Gasteiger partial charge in [-0.1, -0.05) is 6.07 Å². The predicted molar refractivity (Wildman–Crippen MR) is 72.8 cm³/mol. The first-order chi connectivity index (χ1) is 8.79. The minimum Gasteiger partial charge on any atom is -0.481 e. The van der Waals surface area contributed by atoms with Crippen LogP contribution in [0, 0.1) is 0 Å². The molecule has 0 saturated carbocycles. The van der Waals surface area contributed by atoms with E-state index in [1.165, 1.54) is 25.9 Å². The maximum absolute atomic E-state index is 5.25. The number of pyridine rings is 1. The third kappa shape index (κ3) is 3.68. The van der Waals surface area contributed by atoms with Gasteiger partial charge >= 0.3 is 0 Å². The van der Waals surface area contributed by atoms with E-state index in [0.29, 0.717) is 6.04 Å². The summed E-state index contributed by atoms with van der Waals surface area (Å²) in [6, 6.07) is 4.50. The molecule has 1 saturated heterocycles. The highest BCUT2D eigenvalue weighted by Crippen LogP contribution is 2.13. The lowest BCUT2D eigenvalue weighted by atomic mass is 10.2. The molecule has 2 heterocycles. The van der Waals surface area contributed by atoms with Crippen LogP contribution in [0.1, 0.15) is 25.3 Å². The van der Waals surface area contributed by atoms with E-state index in [1.54, 1.807) is 13.3 Å². The van der Waals surface area contributed by atoms with Gasteiger partial charge in [0.25, 0.3) is 0 Å². The molecule has 0 bridgehead atoms. The average Bonchev–Trinajstić information content (AvgIpc) is 2.89. The van der Waals surface area contributed by atoms with E-state index in [1.807, 2.05) is 6.07 Å². The van der Waals surface area contributed by atoms with Gasteiger partial charge in [-0.15, -0.1) is 0 Å². The standard InChI is InChI=1S/C14H23N3O/c1-12(11-17-8-3-4-9-17)16-10-13-6-5-7-15-14(13)18-2/h5-7,12,16H,3-4,8-11H2,1-2H3. The molecule has 18 heavy (non-hydrogen) atoms. The molecule has 1 fully saturated rings. The second-order valence-corrected chi connectivity index (χ2v) is 4.96. The van der Waals surface area contributed by atoms with Crippen LogP contribution in [0.5, 0.6) is 5.88 Å². The van der Waals surface area contributed by atoms with E-state index in [0.717, 1.165) is 24.5 Å². The first-order valence-electron chi connectivity index (χ1n) is 6.73. The lowest BCUT2D eigenvalue weighted by Crippen LogP contribution is -2.37. The van der Waals surface area contributed by atoms with Crippen molar-refractivity contribution in [1.29, 1.82) is 0 Å². The molecule has 1 aliphatic rings. The zero-order valence-electron chi connectivity index (χ0n) is 11.4. The quantitative estimate of drug-likeness (QED) is 0.832. The largest absolute Gasteiger partial charge is 0.481 e. The summed E-state index contributed by atoms with van der Waals surface area (Å²) in [5, 5.41) is 3.54. The van der Waals surface area contributed by atoms with Gasteiger partial charge in [0, 0.05) is 30.9 Å². The number of aromatic nitrogens is 1. The molecule has 4 heteroatoms. The van der Waals surface area contributed by atoms with Crippen LogP contribution in [0.4, 0.5) is 0 Å². The van der Waals surface area contributed by atoms with E-state index in [-0.39, 0.29) is 0 Å². The molecule has 100 valence electrons. The van der Waals surface area contributed by atoms with Crippen molar-refractivity contribution in [3.63, 3.8) is 0 Å². The first kappa shape index (κ1) is 13.3. The summed E-state index contributed by atoms with van der Waals surface area (Å²) < 4.78 is 5.25. The molecule has 1 aromatic heterocycles. The lowest BCUT2D eigenvalue weighted by molar-refractivity contribution is 0.297. The Bertz CT molecular complexity index is 364. The average molecular weight is 249 g/mol. The van der Waals surface area contributed by atoms with E-state index >= 15 is 0 Å². The van der Waals surface area contributed by atoms with Crippen molar-refractivity contribution in [2.75, 3.05) is 26.7 Å². The van der Waals surface area contributed by atoms with Crippen LogP contribution in [0.25, 0.3) is 0 Å². The maximum Gasteiger partial charge on any atom is 0.217 e. The van der Waals surface area contributed by atoms with Gasteiger partial charge in [0.2, 0.25) is 5.88 Å².